The molecule has 2 heterocycles. The zero-order valence-electron chi connectivity index (χ0n) is 15.9. The minimum atomic E-state index is -3.67. The molecule has 2 amide bonds. The lowest BCUT2D eigenvalue weighted by Crippen LogP contribution is -2.54. The van der Waals surface area contributed by atoms with Gasteiger partial charge in [0.05, 0.1) is 11.6 Å². The highest BCUT2D eigenvalue weighted by atomic mass is 35.5. The lowest BCUT2D eigenvalue weighted by Gasteiger charge is -2.37. The van der Waals surface area contributed by atoms with Gasteiger partial charge in [0, 0.05) is 59.3 Å². The monoisotopic (exact) mass is 428 g/mol. The normalized spacial score (nSPS) is 19.6. The van der Waals surface area contributed by atoms with Crippen LogP contribution in [0.15, 0.2) is 29.2 Å². The molecule has 10 heteroatoms. The van der Waals surface area contributed by atoms with Crippen molar-refractivity contribution in [1.29, 1.82) is 0 Å². The number of sulfonamides is 1. The molecule has 0 radical (unpaired) electrons. The first-order valence-corrected chi connectivity index (χ1v) is 11.1. The Kier molecular flexibility index (Phi) is 6.59. The maximum Gasteiger partial charge on any atom is 0.244 e. The highest BCUT2D eigenvalue weighted by molar-refractivity contribution is 7.89. The van der Waals surface area contributed by atoms with E-state index >= 15 is 0 Å². The van der Waals surface area contributed by atoms with Crippen LogP contribution in [0.25, 0.3) is 0 Å². The molecular formula is C18H25ClN4O4S. The smallest absolute Gasteiger partial charge is 0.244 e. The summed E-state index contributed by atoms with van der Waals surface area (Å²) in [5, 5.41) is 0.200. The Morgan fingerprint density at radius 2 is 1.50 bits per heavy atom. The van der Waals surface area contributed by atoms with Gasteiger partial charge in [-0.05, 0) is 12.1 Å². The van der Waals surface area contributed by atoms with Crippen LogP contribution in [0, 0.1) is 0 Å². The molecule has 28 heavy (non-hydrogen) atoms. The number of benzene rings is 1. The molecule has 2 aliphatic rings. The van der Waals surface area contributed by atoms with Gasteiger partial charge < -0.3 is 9.80 Å². The van der Waals surface area contributed by atoms with Crippen LogP contribution in [0.4, 0.5) is 0 Å². The third kappa shape index (κ3) is 4.65. The van der Waals surface area contributed by atoms with Crippen LogP contribution < -0.4 is 0 Å². The van der Waals surface area contributed by atoms with E-state index in [1.807, 2.05) is 4.90 Å². The largest absolute Gasteiger partial charge is 0.340 e. The molecule has 0 atom stereocenters. The second-order valence-electron chi connectivity index (χ2n) is 7.00. The molecule has 0 spiro atoms. The maximum absolute atomic E-state index is 12.8. The molecule has 3 rings (SSSR count). The van der Waals surface area contributed by atoms with E-state index in [1.54, 1.807) is 34.9 Å². The third-order valence-corrected chi connectivity index (χ3v) is 7.62. The van der Waals surface area contributed by atoms with E-state index in [0.29, 0.717) is 45.8 Å². The van der Waals surface area contributed by atoms with Crippen molar-refractivity contribution >= 4 is 33.4 Å². The molecule has 0 bridgehead atoms. The number of hydrogen-bond donors (Lipinski definition) is 0. The standard InChI is InChI=1S/C18H25ClN4O4S/c1-15(24)21-8-6-20(7-9-21)14-18(25)22-10-12-23(13-11-22)28(26,27)17-5-3-2-4-16(17)19/h2-5H,6-14H2,1H3. The number of rotatable bonds is 4. The fourth-order valence-corrected chi connectivity index (χ4v) is 5.40. The summed E-state index contributed by atoms with van der Waals surface area (Å²) in [5.41, 5.74) is 0. The average molecular weight is 429 g/mol. The van der Waals surface area contributed by atoms with Gasteiger partial charge in [-0.1, -0.05) is 23.7 Å². The Balaban J connectivity index is 1.52. The van der Waals surface area contributed by atoms with E-state index in [-0.39, 0.29) is 34.8 Å². The van der Waals surface area contributed by atoms with Crippen LogP contribution in [0.3, 0.4) is 0 Å². The zero-order valence-corrected chi connectivity index (χ0v) is 17.5. The molecule has 2 saturated heterocycles. The van der Waals surface area contributed by atoms with Crippen molar-refractivity contribution in [3.63, 3.8) is 0 Å². The molecule has 1 aromatic carbocycles. The summed E-state index contributed by atoms with van der Waals surface area (Å²) in [5.74, 6) is 0.0490. The number of carbonyl (C=O) groups excluding carboxylic acids is 2. The topological polar surface area (TPSA) is 81.2 Å². The van der Waals surface area contributed by atoms with E-state index in [9.17, 15) is 18.0 Å². The number of amides is 2. The summed E-state index contributed by atoms with van der Waals surface area (Å²) < 4.78 is 26.9. The van der Waals surface area contributed by atoms with Gasteiger partial charge in [0.1, 0.15) is 4.90 Å². The predicted octanol–water partition coefficient (Wildman–Crippen LogP) is 0.337. The van der Waals surface area contributed by atoms with Gasteiger partial charge in [-0.3, -0.25) is 14.5 Å². The minimum Gasteiger partial charge on any atom is -0.340 e. The van der Waals surface area contributed by atoms with Gasteiger partial charge in [0.25, 0.3) is 0 Å². The van der Waals surface area contributed by atoms with Gasteiger partial charge in [-0.25, -0.2) is 8.42 Å². The lowest BCUT2D eigenvalue weighted by atomic mass is 10.3. The fourth-order valence-electron chi connectivity index (χ4n) is 3.48. The SMILES string of the molecule is CC(=O)N1CCN(CC(=O)N2CCN(S(=O)(=O)c3ccccc3Cl)CC2)CC1. The zero-order chi connectivity index (χ0) is 20.3. The number of piperazine rings is 2. The van der Waals surface area contributed by atoms with Crippen molar-refractivity contribution in [1.82, 2.24) is 19.0 Å². The second-order valence-corrected chi connectivity index (χ2v) is 9.31. The number of halogens is 1. The summed E-state index contributed by atoms with van der Waals surface area (Å²) in [6.07, 6.45) is 0. The van der Waals surface area contributed by atoms with Crippen LogP contribution in [0.2, 0.25) is 5.02 Å². The summed E-state index contributed by atoms with van der Waals surface area (Å²) >= 11 is 6.04. The summed E-state index contributed by atoms with van der Waals surface area (Å²) in [7, 11) is -3.67. The van der Waals surface area contributed by atoms with Crippen molar-refractivity contribution in [2.45, 2.75) is 11.8 Å². The van der Waals surface area contributed by atoms with Crippen LogP contribution in [0.5, 0.6) is 0 Å². The van der Waals surface area contributed by atoms with Crippen LogP contribution in [-0.4, -0.2) is 98.1 Å². The molecule has 0 saturated carbocycles. The lowest BCUT2D eigenvalue weighted by molar-refractivity contribution is -0.135. The number of hydrogen-bond acceptors (Lipinski definition) is 5. The molecule has 0 aromatic heterocycles. The summed E-state index contributed by atoms with van der Waals surface area (Å²) in [4.78, 5) is 29.6. The predicted molar refractivity (Wildman–Crippen MR) is 105 cm³/mol. The van der Waals surface area contributed by atoms with Crippen LogP contribution in [0.1, 0.15) is 6.92 Å². The van der Waals surface area contributed by atoms with Crippen molar-refractivity contribution in [3.8, 4) is 0 Å². The average Bonchev–Trinajstić information content (AvgIpc) is 2.68. The molecule has 8 nitrogen and oxygen atoms in total. The highest BCUT2D eigenvalue weighted by Gasteiger charge is 2.32. The van der Waals surface area contributed by atoms with E-state index in [2.05, 4.69) is 0 Å². The Hall–Kier alpha value is -1.68. The molecular weight excluding hydrogens is 404 g/mol. The Bertz CT molecular complexity index is 832. The van der Waals surface area contributed by atoms with Crippen LogP contribution >= 0.6 is 11.6 Å². The molecule has 0 N–H and O–H groups in total. The van der Waals surface area contributed by atoms with E-state index in [1.165, 1.54) is 10.4 Å². The summed E-state index contributed by atoms with van der Waals surface area (Å²) in [6, 6.07) is 6.38. The second kappa shape index (κ2) is 8.77. The van der Waals surface area contributed by atoms with Crippen molar-refractivity contribution in [3.05, 3.63) is 29.3 Å². The first-order valence-electron chi connectivity index (χ1n) is 9.29. The molecule has 154 valence electrons. The van der Waals surface area contributed by atoms with E-state index in [4.69, 9.17) is 11.6 Å². The van der Waals surface area contributed by atoms with Crippen molar-refractivity contribution in [2.24, 2.45) is 0 Å². The first-order chi connectivity index (χ1) is 13.3. The van der Waals surface area contributed by atoms with Gasteiger partial charge in [0.15, 0.2) is 0 Å². The van der Waals surface area contributed by atoms with Gasteiger partial charge in [-0.15, -0.1) is 0 Å². The highest BCUT2D eigenvalue weighted by Crippen LogP contribution is 2.25. The molecule has 2 aliphatic heterocycles. The number of carbonyl (C=O) groups is 2. The Morgan fingerprint density at radius 1 is 0.929 bits per heavy atom. The molecule has 1 aromatic rings. The maximum atomic E-state index is 12.8. The van der Waals surface area contributed by atoms with Gasteiger partial charge in [-0.2, -0.15) is 4.31 Å². The minimum absolute atomic E-state index is 0.00827. The molecule has 0 aliphatic carbocycles. The molecule has 2 fully saturated rings. The Labute approximate surface area is 170 Å². The summed E-state index contributed by atoms with van der Waals surface area (Å²) in [6.45, 7) is 5.66. The number of nitrogens with zero attached hydrogens (tertiary/aromatic N) is 4. The Morgan fingerprint density at radius 3 is 2.07 bits per heavy atom. The van der Waals surface area contributed by atoms with Gasteiger partial charge in [0.2, 0.25) is 21.8 Å². The van der Waals surface area contributed by atoms with Gasteiger partial charge >= 0.3 is 0 Å². The van der Waals surface area contributed by atoms with E-state index in [0.717, 1.165) is 0 Å². The molecule has 0 unspecified atom stereocenters. The third-order valence-electron chi connectivity index (χ3n) is 5.22. The van der Waals surface area contributed by atoms with Crippen molar-refractivity contribution in [2.75, 3.05) is 58.9 Å². The fraction of sp³-hybridized carbons (Fsp3) is 0.556. The quantitative estimate of drug-likeness (QED) is 0.690. The first kappa shape index (κ1) is 21.0. The van der Waals surface area contributed by atoms with Crippen LogP contribution in [-0.2, 0) is 19.6 Å². The van der Waals surface area contributed by atoms with Crippen molar-refractivity contribution < 1.29 is 18.0 Å². The van der Waals surface area contributed by atoms with E-state index < -0.39 is 10.0 Å².